The predicted octanol–water partition coefficient (Wildman–Crippen LogP) is 6.82. The van der Waals surface area contributed by atoms with Gasteiger partial charge in [-0.05, 0) is 57.6 Å². The lowest BCUT2D eigenvalue weighted by molar-refractivity contribution is 0.414. The molecule has 1 atom stereocenters. The van der Waals surface area contributed by atoms with E-state index in [1.165, 1.54) is 33.4 Å². The molecule has 0 aliphatic heterocycles. The zero-order valence-electron chi connectivity index (χ0n) is 15.5. The largest absolute Gasteiger partial charge is 0.497 e. The molecule has 1 unspecified atom stereocenters. The molecule has 1 aliphatic carbocycles. The van der Waals surface area contributed by atoms with E-state index in [1.54, 1.807) is 7.11 Å². The highest BCUT2D eigenvalue weighted by atomic mass is 79.9. The van der Waals surface area contributed by atoms with Crippen molar-refractivity contribution in [2.75, 3.05) is 7.11 Å². The van der Waals surface area contributed by atoms with E-state index in [9.17, 15) is 0 Å². The van der Waals surface area contributed by atoms with Crippen LogP contribution in [0.4, 0.5) is 0 Å². The third-order valence-corrected chi connectivity index (χ3v) is 6.23. The van der Waals surface area contributed by atoms with Crippen LogP contribution in [0.15, 0.2) is 102 Å². The molecule has 0 amide bonds. The van der Waals surface area contributed by atoms with Gasteiger partial charge in [-0.25, -0.2) is 0 Å². The minimum Gasteiger partial charge on any atom is -0.497 e. The zero-order valence-corrected chi connectivity index (χ0v) is 17.1. The molecular weight excluding hydrogens is 408 g/mol. The average molecular weight is 427 g/mol. The van der Waals surface area contributed by atoms with Crippen LogP contribution in [0.2, 0.25) is 0 Å². The lowest BCUT2D eigenvalue weighted by atomic mass is 9.68. The van der Waals surface area contributed by atoms with E-state index in [-0.39, 0.29) is 5.41 Å². The van der Waals surface area contributed by atoms with E-state index in [0.717, 1.165) is 10.2 Å². The van der Waals surface area contributed by atoms with E-state index >= 15 is 0 Å². The van der Waals surface area contributed by atoms with E-state index in [4.69, 9.17) is 4.74 Å². The molecule has 0 radical (unpaired) electrons. The van der Waals surface area contributed by atoms with Crippen LogP contribution in [0.5, 0.6) is 5.75 Å². The van der Waals surface area contributed by atoms with Crippen molar-refractivity contribution in [3.8, 4) is 16.9 Å². The average Bonchev–Trinajstić information content (AvgIpc) is 3.05. The number of fused-ring (bicyclic) bond motifs is 3. The fraction of sp³-hybridized carbons (Fsp3) is 0.0769. The molecule has 2 heteroatoms. The highest BCUT2D eigenvalue weighted by Crippen LogP contribution is 2.56. The molecular formula is C26H19BrO. The molecule has 0 aromatic heterocycles. The molecule has 5 rings (SSSR count). The van der Waals surface area contributed by atoms with E-state index in [2.05, 4.69) is 113 Å². The van der Waals surface area contributed by atoms with E-state index in [0.29, 0.717) is 0 Å². The van der Waals surface area contributed by atoms with Gasteiger partial charge in [0.15, 0.2) is 0 Å². The van der Waals surface area contributed by atoms with Crippen LogP contribution in [0.3, 0.4) is 0 Å². The van der Waals surface area contributed by atoms with Gasteiger partial charge in [-0.2, -0.15) is 0 Å². The minimum atomic E-state index is -0.358. The van der Waals surface area contributed by atoms with Crippen LogP contribution >= 0.6 is 15.9 Å². The lowest BCUT2D eigenvalue weighted by Crippen LogP contribution is -2.28. The van der Waals surface area contributed by atoms with Crippen molar-refractivity contribution in [3.05, 3.63) is 124 Å². The first-order chi connectivity index (χ1) is 13.7. The molecule has 0 heterocycles. The molecule has 4 aromatic carbocycles. The number of rotatable bonds is 3. The lowest BCUT2D eigenvalue weighted by Gasteiger charge is -2.34. The van der Waals surface area contributed by atoms with Gasteiger partial charge in [0, 0.05) is 4.47 Å². The molecule has 0 fully saturated rings. The van der Waals surface area contributed by atoms with Crippen LogP contribution in [-0.2, 0) is 5.41 Å². The Balaban J connectivity index is 1.93. The molecule has 0 spiro atoms. The monoisotopic (exact) mass is 426 g/mol. The molecule has 0 saturated carbocycles. The highest BCUT2D eigenvalue weighted by Gasteiger charge is 2.45. The number of benzene rings is 4. The summed E-state index contributed by atoms with van der Waals surface area (Å²) < 4.78 is 6.51. The Morgan fingerprint density at radius 2 is 1.29 bits per heavy atom. The van der Waals surface area contributed by atoms with Crippen LogP contribution in [0.1, 0.15) is 22.3 Å². The number of hydrogen-bond donors (Lipinski definition) is 0. The summed E-state index contributed by atoms with van der Waals surface area (Å²) in [6, 6.07) is 34.7. The molecule has 136 valence electrons. The maximum atomic E-state index is 5.42. The Hall–Kier alpha value is -2.84. The van der Waals surface area contributed by atoms with Gasteiger partial charge in [-0.1, -0.05) is 88.7 Å². The van der Waals surface area contributed by atoms with Gasteiger partial charge in [0.25, 0.3) is 0 Å². The van der Waals surface area contributed by atoms with Gasteiger partial charge in [0.1, 0.15) is 5.75 Å². The zero-order chi connectivity index (χ0) is 19.1. The van der Waals surface area contributed by atoms with Gasteiger partial charge in [0.05, 0.1) is 12.5 Å². The Kier molecular flexibility index (Phi) is 4.10. The maximum absolute atomic E-state index is 5.42. The number of halogens is 1. The van der Waals surface area contributed by atoms with Crippen molar-refractivity contribution >= 4 is 15.9 Å². The van der Waals surface area contributed by atoms with Crippen molar-refractivity contribution in [3.63, 3.8) is 0 Å². The highest BCUT2D eigenvalue weighted by molar-refractivity contribution is 9.10. The van der Waals surface area contributed by atoms with Gasteiger partial charge in [-0.3, -0.25) is 0 Å². The topological polar surface area (TPSA) is 9.23 Å². The summed E-state index contributed by atoms with van der Waals surface area (Å²) in [7, 11) is 1.71. The predicted molar refractivity (Wildman–Crippen MR) is 118 cm³/mol. The van der Waals surface area contributed by atoms with Crippen molar-refractivity contribution < 1.29 is 4.74 Å². The first-order valence-corrected chi connectivity index (χ1v) is 10.1. The molecule has 0 saturated heterocycles. The normalized spacial score (nSPS) is 17.1. The molecule has 0 N–H and O–H groups in total. The minimum absolute atomic E-state index is 0.358. The fourth-order valence-corrected chi connectivity index (χ4v) is 4.93. The molecule has 4 aromatic rings. The third kappa shape index (κ3) is 2.38. The molecule has 28 heavy (non-hydrogen) atoms. The van der Waals surface area contributed by atoms with Crippen molar-refractivity contribution in [1.29, 1.82) is 0 Å². The molecule has 0 bridgehead atoms. The number of ether oxygens (including phenoxy) is 1. The summed E-state index contributed by atoms with van der Waals surface area (Å²) in [5.74, 6) is 0.868. The smallest absolute Gasteiger partial charge is 0.118 e. The summed E-state index contributed by atoms with van der Waals surface area (Å²) in [6.45, 7) is 0. The van der Waals surface area contributed by atoms with Gasteiger partial charge in [0.2, 0.25) is 0 Å². The fourth-order valence-electron chi connectivity index (χ4n) is 4.57. The van der Waals surface area contributed by atoms with Gasteiger partial charge < -0.3 is 4.74 Å². The van der Waals surface area contributed by atoms with Gasteiger partial charge in [-0.15, -0.1) is 0 Å². The third-order valence-electron chi connectivity index (χ3n) is 5.74. The van der Waals surface area contributed by atoms with Crippen molar-refractivity contribution in [2.24, 2.45) is 0 Å². The Morgan fingerprint density at radius 1 is 0.643 bits per heavy atom. The summed E-state index contributed by atoms with van der Waals surface area (Å²) in [4.78, 5) is 0. The molecule has 1 nitrogen and oxygen atoms in total. The molecule has 1 aliphatic rings. The van der Waals surface area contributed by atoms with Crippen LogP contribution < -0.4 is 4.74 Å². The standard InChI is InChI=1S/C26H19BrO/c1-28-21-14-11-19(12-15-21)26(18-7-3-2-4-8-18)24-10-6-5-9-22(24)23-16-13-20(27)17-25(23)26/h2-17H,1H3. The summed E-state index contributed by atoms with van der Waals surface area (Å²) in [5, 5.41) is 0. The number of methoxy groups -OCH3 is 1. The second kappa shape index (κ2) is 6.65. The van der Waals surface area contributed by atoms with Crippen LogP contribution in [0, 0.1) is 0 Å². The summed E-state index contributed by atoms with van der Waals surface area (Å²) >= 11 is 3.71. The first-order valence-electron chi connectivity index (χ1n) is 9.35. The Bertz CT molecular complexity index is 1150. The summed E-state index contributed by atoms with van der Waals surface area (Å²) in [5.41, 5.74) is 7.36. The van der Waals surface area contributed by atoms with Crippen LogP contribution in [0.25, 0.3) is 11.1 Å². The SMILES string of the molecule is COc1ccc(C2(c3ccccc3)c3ccccc3-c3ccc(Br)cc32)cc1. The van der Waals surface area contributed by atoms with E-state index in [1.807, 2.05) is 0 Å². The quantitative estimate of drug-likeness (QED) is 0.307. The Labute approximate surface area is 173 Å². The van der Waals surface area contributed by atoms with Gasteiger partial charge >= 0.3 is 0 Å². The van der Waals surface area contributed by atoms with Crippen molar-refractivity contribution in [1.82, 2.24) is 0 Å². The maximum Gasteiger partial charge on any atom is 0.118 e. The summed E-state index contributed by atoms with van der Waals surface area (Å²) in [6.07, 6.45) is 0. The second-order valence-electron chi connectivity index (χ2n) is 7.08. The number of hydrogen-bond acceptors (Lipinski definition) is 1. The van der Waals surface area contributed by atoms with E-state index < -0.39 is 0 Å². The van der Waals surface area contributed by atoms with Crippen LogP contribution in [-0.4, -0.2) is 7.11 Å². The second-order valence-corrected chi connectivity index (χ2v) is 8.00. The first kappa shape index (κ1) is 17.3. The van der Waals surface area contributed by atoms with Crippen molar-refractivity contribution in [2.45, 2.75) is 5.41 Å². The Morgan fingerprint density at radius 3 is 2.04 bits per heavy atom.